The van der Waals surface area contributed by atoms with Gasteiger partial charge in [0, 0.05) is 5.39 Å². The van der Waals surface area contributed by atoms with Crippen LogP contribution >= 0.6 is 0 Å². The van der Waals surface area contributed by atoms with E-state index in [1.165, 1.54) is 0 Å². The quantitative estimate of drug-likeness (QED) is 0.854. The van der Waals surface area contributed by atoms with Crippen LogP contribution in [0.3, 0.4) is 0 Å². The van der Waals surface area contributed by atoms with E-state index >= 15 is 0 Å². The molecule has 1 heterocycles. The van der Waals surface area contributed by atoms with E-state index in [2.05, 4.69) is 26.1 Å². The summed E-state index contributed by atoms with van der Waals surface area (Å²) in [5.41, 5.74) is 0.995. The van der Waals surface area contributed by atoms with Gasteiger partial charge >= 0.3 is 0 Å². The second-order valence-electron chi connectivity index (χ2n) is 5.44. The lowest BCUT2D eigenvalue weighted by molar-refractivity contribution is 0.349. The molecule has 1 N–H and O–H groups in total. The molecular weight excluding hydrogens is 241 g/mol. The molecule has 0 amide bonds. The van der Waals surface area contributed by atoms with Crippen molar-refractivity contribution in [2.45, 2.75) is 40.2 Å². The van der Waals surface area contributed by atoms with Crippen molar-refractivity contribution in [1.82, 2.24) is 5.32 Å². The Labute approximate surface area is 114 Å². The lowest BCUT2D eigenvalue weighted by Gasteiger charge is -2.19. The molecule has 0 fully saturated rings. The average Bonchev–Trinajstić information content (AvgIpc) is 2.78. The van der Waals surface area contributed by atoms with E-state index in [1.54, 1.807) is 13.0 Å². The van der Waals surface area contributed by atoms with E-state index in [0.29, 0.717) is 17.1 Å². The highest BCUT2D eigenvalue weighted by atomic mass is 19.1. The summed E-state index contributed by atoms with van der Waals surface area (Å²) in [5.74, 6) is 0.973. The van der Waals surface area contributed by atoms with Gasteiger partial charge in [0.2, 0.25) is 0 Å². The van der Waals surface area contributed by atoms with Crippen molar-refractivity contribution in [3.8, 4) is 0 Å². The van der Waals surface area contributed by atoms with Gasteiger partial charge < -0.3 is 9.73 Å². The Morgan fingerprint density at radius 1 is 1.32 bits per heavy atom. The molecule has 19 heavy (non-hydrogen) atoms. The van der Waals surface area contributed by atoms with Crippen molar-refractivity contribution in [3.63, 3.8) is 0 Å². The molecule has 0 radical (unpaired) electrons. The first kappa shape index (κ1) is 14.1. The summed E-state index contributed by atoms with van der Waals surface area (Å²) in [6.07, 6.45) is 1.07. The summed E-state index contributed by atoms with van der Waals surface area (Å²) in [7, 11) is 0. The van der Waals surface area contributed by atoms with Crippen LogP contribution in [0.25, 0.3) is 11.0 Å². The van der Waals surface area contributed by atoms with Crippen molar-refractivity contribution in [3.05, 3.63) is 35.3 Å². The van der Waals surface area contributed by atoms with Gasteiger partial charge in [0.05, 0.1) is 6.04 Å². The molecule has 0 saturated heterocycles. The number of rotatable bonds is 5. The molecule has 0 aliphatic carbocycles. The number of benzene rings is 1. The summed E-state index contributed by atoms with van der Waals surface area (Å²) in [6, 6.07) is 5.79. The average molecular weight is 263 g/mol. The molecule has 0 aliphatic heterocycles. The minimum atomic E-state index is -0.248. The normalized spacial score (nSPS) is 13.4. The first-order valence-electron chi connectivity index (χ1n) is 6.96. The zero-order valence-electron chi connectivity index (χ0n) is 12.1. The summed E-state index contributed by atoms with van der Waals surface area (Å²) in [5, 5.41) is 4.30. The van der Waals surface area contributed by atoms with Crippen molar-refractivity contribution >= 4 is 11.0 Å². The van der Waals surface area contributed by atoms with Crippen LogP contribution in [0.2, 0.25) is 0 Å². The second-order valence-corrected chi connectivity index (χ2v) is 5.44. The van der Waals surface area contributed by atoms with E-state index in [0.717, 1.165) is 24.1 Å². The third-order valence-electron chi connectivity index (χ3n) is 3.43. The lowest BCUT2D eigenvalue weighted by Crippen LogP contribution is -2.25. The third-order valence-corrected chi connectivity index (χ3v) is 3.43. The standard InChI is InChI=1S/C16H22FNO/c1-5-8-18-15(10(2)3)13-9-12-7-6-11(4)14(17)16(12)19-13/h6-7,9-10,15,18H,5,8H2,1-4H3. The minimum Gasteiger partial charge on any atom is -0.456 e. The summed E-state index contributed by atoms with van der Waals surface area (Å²) >= 11 is 0. The smallest absolute Gasteiger partial charge is 0.170 e. The largest absolute Gasteiger partial charge is 0.456 e. The molecule has 3 heteroatoms. The fraction of sp³-hybridized carbons (Fsp3) is 0.500. The number of nitrogens with one attached hydrogen (secondary N) is 1. The molecule has 0 aliphatic rings. The summed E-state index contributed by atoms with van der Waals surface area (Å²) in [4.78, 5) is 0. The Hall–Kier alpha value is -1.35. The Morgan fingerprint density at radius 2 is 2.05 bits per heavy atom. The van der Waals surface area contributed by atoms with Gasteiger partial charge in [-0.05, 0) is 37.4 Å². The number of halogens is 1. The van der Waals surface area contributed by atoms with Gasteiger partial charge in [-0.25, -0.2) is 4.39 Å². The fourth-order valence-electron chi connectivity index (χ4n) is 2.31. The van der Waals surface area contributed by atoms with E-state index < -0.39 is 0 Å². The zero-order chi connectivity index (χ0) is 14.0. The molecule has 1 unspecified atom stereocenters. The molecule has 1 aromatic carbocycles. The number of furan rings is 1. The van der Waals surface area contributed by atoms with Gasteiger partial charge in [-0.2, -0.15) is 0 Å². The first-order chi connectivity index (χ1) is 9.04. The first-order valence-corrected chi connectivity index (χ1v) is 6.96. The Balaban J connectivity index is 2.40. The van der Waals surface area contributed by atoms with Crippen molar-refractivity contribution in [1.29, 1.82) is 0 Å². The van der Waals surface area contributed by atoms with Crippen molar-refractivity contribution in [2.75, 3.05) is 6.54 Å². The van der Waals surface area contributed by atoms with Crippen molar-refractivity contribution in [2.24, 2.45) is 5.92 Å². The predicted octanol–water partition coefficient (Wildman–Crippen LogP) is 4.58. The molecular formula is C16H22FNO. The molecule has 0 bridgehead atoms. The van der Waals surface area contributed by atoms with Crippen LogP contribution < -0.4 is 5.32 Å². The molecule has 104 valence electrons. The van der Waals surface area contributed by atoms with Gasteiger partial charge in [-0.15, -0.1) is 0 Å². The predicted molar refractivity (Wildman–Crippen MR) is 76.8 cm³/mol. The van der Waals surface area contributed by atoms with Crippen LogP contribution in [0.5, 0.6) is 0 Å². The van der Waals surface area contributed by atoms with Crippen LogP contribution in [0, 0.1) is 18.7 Å². The second kappa shape index (κ2) is 5.74. The molecule has 1 atom stereocenters. The van der Waals surface area contributed by atoms with E-state index in [-0.39, 0.29) is 11.9 Å². The Kier molecular flexibility index (Phi) is 4.25. The number of hydrogen-bond acceptors (Lipinski definition) is 2. The van der Waals surface area contributed by atoms with E-state index in [1.807, 2.05) is 12.1 Å². The van der Waals surface area contributed by atoms with E-state index in [9.17, 15) is 4.39 Å². The molecule has 2 aromatic rings. The molecule has 1 aromatic heterocycles. The highest BCUT2D eigenvalue weighted by molar-refractivity contribution is 5.79. The zero-order valence-corrected chi connectivity index (χ0v) is 12.1. The summed E-state index contributed by atoms with van der Waals surface area (Å²) < 4.78 is 19.8. The lowest BCUT2D eigenvalue weighted by atomic mass is 10.0. The number of hydrogen-bond donors (Lipinski definition) is 1. The minimum absolute atomic E-state index is 0.132. The Bertz CT molecular complexity index is 559. The third kappa shape index (κ3) is 2.81. The van der Waals surface area contributed by atoms with Gasteiger partial charge in [0.25, 0.3) is 0 Å². The maximum absolute atomic E-state index is 14.0. The molecule has 2 nitrogen and oxygen atoms in total. The van der Waals surface area contributed by atoms with Gasteiger partial charge in [0.1, 0.15) is 5.76 Å². The van der Waals surface area contributed by atoms with Crippen LogP contribution in [-0.2, 0) is 0 Å². The summed E-state index contributed by atoms with van der Waals surface area (Å²) in [6.45, 7) is 9.10. The monoisotopic (exact) mass is 263 g/mol. The van der Waals surface area contributed by atoms with Gasteiger partial charge in [-0.3, -0.25) is 0 Å². The number of fused-ring (bicyclic) bond motifs is 1. The van der Waals surface area contributed by atoms with Crippen molar-refractivity contribution < 1.29 is 8.81 Å². The van der Waals surface area contributed by atoms with E-state index in [4.69, 9.17) is 4.42 Å². The molecule has 0 spiro atoms. The van der Waals surface area contributed by atoms with Gasteiger partial charge in [0.15, 0.2) is 11.4 Å². The van der Waals surface area contributed by atoms with Crippen LogP contribution in [0.4, 0.5) is 4.39 Å². The number of aryl methyl sites for hydroxylation is 1. The maximum atomic E-state index is 14.0. The highest BCUT2D eigenvalue weighted by Crippen LogP contribution is 2.30. The fourth-order valence-corrected chi connectivity index (χ4v) is 2.31. The molecule has 0 saturated carbocycles. The van der Waals surface area contributed by atoms with Gasteiger partial charge in [-0.1, -0.05) is 32.9 Å². The highest BCUT2D eigenvalue weighted by Gasteiger charge is 2.20. The molecule has 2 rings (SSSR count). The maximum Gasteiger partial charge on any atom is 0.170 e. The SMILES string of the molecule is CCCNC(c1cc2ccc(C)c(F)c2o1)C(C)C. The van der Waals surface area contributed by atoms with Crippen LogP contribution in [0.15, 0.2) is 22.6 Å². The topological polar surface area (TPSA) is 25.2 Å². The Morgan fingerprint density at radius 3 is 2.68 bits per heavy atom. The van der Waals surface area contributed by atoms with Crippen LogP contribution in [0.1, 0.15) is 44.6 Å². The van der Waals surface area contributed by atoms with Crippen LogP contribution in [-0.4, -0.2) is 6.54 Å².